The molecule has 1 aromatic carbocycles. The van der Waals surface area contributed by atoms with Crippen molar-refractivity contribution >= 4 is 0 Å². The van der Waals surface area contributed by atoms with Crippen molar-refractivity contribution in [1.82, 2.24) is 4.90 Å². The number of benzene rings is 1. The summed E-state index contributed by atoms with van der Waals surface area (Å²) in [5, 5.41) is 8.88. The number of hydrogen-bond donors (Lipinski definition) is 1. The number of morpholine rings is 1. The van der Waals surface area contributed by atoms with Gasteiger partial charge in [-0.15, -0.1) is 0 Å². The van der Waals surface area contributed by atoms with E-state index in [9.17, 15) is 0 Å². The fraction of sp³-hybridized carbons (Fsp3) is 0.462. The fourth-order valence-electron chi connectivity index (χ4n) is 2.10. The molecule has 2 rings (SSSR count). The van der Waals surface area contributed by atoms with Crippen molar-refractivity contribution in [3.8, 4) is 6.07 Å². The van der Waals surface area contributed by atoms with Gasteiger partial charge in [0.1, 0.15) is 0 Å². The zero-order valence-electron chi connectivity index (χ0n) is 9.80. The van der Waals surface area contributed by atoms with Crippen LogP contribution in [0.1, 0.15) is 17.2 Å². The molecule has 0 bridgehead atoms. The van der Waals surface area contributed by atoms with Crippen molar-refractivity contribution in [3.05, 3.63) is 35.4 Å². The predicted molar refractivity (Wildman–Crippen MR) is 65.3 cm³/mol. The van der Waals surface area contributed by atoms with Gasteiger partial charge in [0, 0.05) is 26.2 Å². The second kappa shape index (κ2) is 5.78. The highest BCUT2D eigenvalue weighted by Crippen LogP contribution is 2.22. The number of ether oxygens (including phenoxy) is 1. The zero-order valence-corrected chi connectivity index (χ0v) is 9.80. The van der Waals surface area contributed by atoms with Gasteiger partial charge in [0.2, 0.25) is 0 Å². The molecule has 0 aliphatic carbocycles. The molecule has 0 spiro atoms. The molecule has 2 N–H and O–H groups in total. The first-order chi connectivity index (χ1) is 8.33. The molecule has 1 fully saturated rings. The van der Waals surface area contributed by atoms with Crippen molar-refractivity contribution in [1.29, 1.82) is 5.26 Å². The Hall–Kier alpha value is -1.41. The molecule has 1 atom stereocenters. The van der Waals surface area contributed by atoms with Crippen LogP contribution in [0, 0.1) is 11.3 Å². The lowest BCUT2D eigenvalue weighted by Gasteiger charge is -2.32. The summed E-state index contributed by atoms with van der Waals surface area (Å²) in [6.07, 6.45) is 0.0589. The summed E-state index contributed by atoms with van der Waals surface area (Å²) in [5.74, 6) is 0. The first-order valence-corrected chi connectivity index (χ1v) is 5.87. The molecule has 4 nitrogen and oxygen atoms in total. The van der Waals surface area contributed by atoms with E-state index in [2.05, 4.69) is 11.0 Å². The molecular formula is C13H17N3O. The Kier molecular flexibility index (Phi) is 4.10. The molecule has 17 heavy (non-hydrogen) atoms. The molecule has 90 valence electrons. The van der Waals surface area contributed by atoms with E-state index in [0.717, 1.165) is 31.8 Å². The Morgan fingerprint density at radius 2 is 2.41 bits per heavy atom. The molecule has 0 amide bonds. The average Bonchev–Trinajstić information content (AvgIpc) is 2.40. The molecule has 4 heteroatoms. The second-order valence-electron chi connectivity index (χ2n) is 4.19. The lowest BCUT2D eigenvalue weighted by atomic mass is 10.1. The Morgan fingerprint density at radius 3 is 3.18 bits per heavy atom. The maximum absolute atomic E-state index is 8.88. The van der Waals surface area contributed by atoms with Crippen molar-refractivity contribution in [2.24, 2.45) is 5.73 Å². The van der Waals surface area contributed by atoms with Gasteiger partial charge in [-0.1, -0.05) is 12.1 Å². The Balaban J connectivity index is 2.08. The Morgan fingerprint density at radius 1 is 1.53 bits per heavy atom. The van der Waals surface area contributed by atoms with Crippen LogP contribution in [0.5, 0.6) is 0 Å². The lowest BCUT2D eigenvalue weighted by Crippen LogP contribution is -2.40. The normalized spacial score (nSPS) is 21.1. The molecule has 1 aromatic rings. The third-order valence-electron chi connectivity index (χ3n) is 2.98. The van der Waals surface area contributed by atoms with Crippen LogP contribution in [0.2, 0.25) is 0 Å². The Labute approximate surface area is 102 Å². The largest absolute Gasteiger partial charge is 0.371 e. The van der Waals surface area contributed by atoms with E-state index < -0.39 is 0 Å². The number of nitrogens with two attached hydrogens (primary N) is 1. The molecular weight excluding hydrogens is 214 g/mol. The number of hydrogen-bond acceptors (Lipinski definition) is 4. The highest BCUT2D eigenvalue weighted by molar-refractivity contribution is 5.34. The molecule has 1 saturated heterocycles. The van der Waals surface area contributed by atoms with Crippen LogP contribution in [0.25, 0.3) is 0 Å². The van der Waals surface area contributed by atoms with Crippen LogP contribution in [-0.2, 0) is 4.74 Å². The quantitative estimate of drug-likeness (QED) is 0.839. The fourth-order valence-corrected chi connectivity index (χ4v) is 2.10. The molecule has 0 radical (unpaired) electrons. The summed E-state index contributed by atoms with van der Waals surface area (Å²) in [5.41, 5.74) is 7.32. The van der Waals surface area contributed by atoms with Crippen molar-refractivity contribution < 1.29 is 4.74 Å². The predicted octanol–water partition coefficient (Wildman–Crippen LogP) is 0.890. The van der Waals surface area contributed by atoms with E-state index in [-0.39, 0.29) is 6.10 Å². The molecule has 1 heterocycles. The van der Waals surface area contributed by atoms with Crippen LogP contribution in [-0.4, -0.2) is 37.7 Å². The van der Waals surface area contributed by atoms with Gasteiger partial charge < -0.3 is 10.5 Å². The third-order valence-corrected chi connectivity index (χ3v) is 2.98. The summed E-state index contributed by atoms with van der Waals surface area (Å²) < 4.78 is 5.75. The molecule has 0 aromatic heterocycles. The lowest BCUT2D eigenvalue weighted by molar-refractivity contribution is -0.0288. The van der Waals surface area contributed by atoms with Crippen LogP contribution < -0.4 is 5.73 Å². The number of nitriles is 1. The van der Waals surface area contributed by atoms with Gasteiger partial charge in [0.25, 0.3) is 0 Å². The van der Waals surface area contributed by atoms with E-state index in [0.29, 0.717) is 12.1 Å². The maximum Gasteiger partial charge on any atom is 0.0991 e. The SMILES string of the molecule is N#Cc1cccc(C2CN(CCN)CCO2)c1. The molecule has 1 aliphatic rings. The maximum atomic E-state index is 8.88. The van der Waals surface area contributed by atoms with E-state index in [4.69, 9.17) is 15.7 Å². The van der Waals surface area contributed by atoms with Crippen molar-refractivity contribution in [3.63, 3.8) is 0 Å². The van der Waals surface area contributed by atoms with Crippen LogP contribution in [0.4, 0.5) is 0 Å². The minimum atomic E-state index is 0.0589. The molecule has 1 unspecified atom stereocenters. The molecule has 1 aliphatic heterocycles. The minimum Gasteiger partial charge on any atom is -0.371 e. The highest BCUT2D eigenvalue weighted by Gasteiger charge is 2.21. The summed E-state index contributed by atoms with van der Waals surface area (Å²) in [6, 6.07) is 9.78. The van der Waals surface area contributed by atoms with Gasteiger partial charge in [-0.2, -0.15) is 5.26 Å². The van der Waals surface area contributed by atoms with Gasteiger partial charge in [0.15, 0.2) is 0 Å². The smallest absolute Gasteiger partial charge is 0.0991 e. The summed E-state index contributed by atoms with van der Waals surface area (Å²) >= 11 is 0. The second-order valence-corrected chi connectivity index (χ2v) is 4.19. The van der Waals surface area contributed by atoms with E-state index in [1.165, 1.54) is 0 Å². The zero-order chi connectivity index (χ0) is 12.1. The minimum absolute atomic E-state index is 0.0589. The van der Waals surface area contributed by atoms with Crippen LogP contribution in [0.15, 0.2) is 24.3 Å². The summed E-state index contributed by atoms with van der Waals surface area (Å²) in [4.78, 5) is 2.30. The van der Waals surface area contributed by atoms with Gasteiger partial charge >= 0.3 is 0 Å². The number of rotatable bonds is 3. The van der Waals surface area contributed by atoms with Gasteiger partial charge in [-0.25, -0.2) is 0 Å². The molecule has 0 saturated carbocycles. The van der Waals surface area contributed by atoms with Crippen molar-refractivity contribution in [2.75, 3.05) is 32.8 Å². The first-order valence-electron chi connectivity index (χ1n) is 5.87. The van der Waals surface area contributed by atoms with Gasteiger partial charge in [0.05, 0.1) is 24.3 Å². The monoisotopic (exact) mass is 231 g/mol. The van der Waals surface area contributed by atoms with E-state index in [1.807, 2.05) is 24.3 Å². The Bertz CT molecular complexity index is 411. The van der Waals surface area contributed by atoms with Crippen LogP contribution >= 0.6 is 0 Å². The topological polar surface area (TPSA) is 62.3 Å². The summed E-state index contributed by atoms with van der Waals surface area (Å²) in [6.45, 7) is 4.09. The third kappa shape index (κ3) is 3.04. The van der Waals surface area contributed by atoms with Gasteiger partial charge in [-0.3, -0.25) is 4.90 Å². The van der Waals surface area contributed by atoms with E-state index >= 15 is 0 Å². The standard InChI is InChI=1S/C13H17N3O/c14-4-5-16-6-7-17-13(10-16)12-3-1-2-11(8-12)9-15/h1-3,8,13H,4-7,10,14H2. The van der Waals surface area contributed by atoms with E-state index in [1.54, 1.807) is 0 Å². The first kappa shape index (κ1) is 12.1. The van der Waals surface area contributed by atoms with Crippen LogP contribution in [0.3, 0.4) is 0 Å². The van der Waals surface area contributed by atoms with Crippen molar-refractivity contribution in [2.45, 2.75) is 6.10 Å². The highest BCUT2D eigenvalue weighted by atomic mass is 16.5. The number of nitrogens with zero attached hydrogens (tertiary/aromatic N) is 2. The van der Waals surface area contributed by atoms with Gasteiger partial charge in [-0.05, 0) is 17.7 Å². The summed E-state index contributed by atoms with van der Waals surface area (Å²) in [7, 11) is 0. The average molecular weight is 231 g/mol.